The Balaban J connectivity index is 1.37. The molecule has 3 aliphatic carbocycles. The van der Waals surface area contributed by atoms with E-state index in [1.165, 1.54) is 30.6 Å². The van der Waals surface area contributed by atoms with Gasteiger partial charge in [0, 0.05) is 17.4 Å². The van der Waals surface area contributed by atoms with Crippen LogP contribution in [0.4, 0.5) is 4.79 Å². The summed E-state index contributed by atoms with van der Waals surface area (Å²) in [6, 6.07) is 3.63. The highest BCUT2D eigenvalue weighted by atomic mass is 79.9. The van der Waals surface area contributed by atoms with E-state index in [1.807, 2.05) is 6.92 Å². The van der Waals surface area contributed by atoms with E-state index in [1.54, 1.807) is 32.9 Å². The van der Waals surface area contributed by atoms with E-state index in [2.05, 4.69) is 26.6 Å². The second-order valence-corrected chi connectivity index (χ2v) is 16.3. The lowest BCUT2D eigenvalue weighted by Crippen LogP contribution is -2.59. The molecule has 0 spiro atoms. The van der Waals surface area contributed by atoms with Crippen molar-refractivity contribution in [3.8, 4) is 0 Å². The molecule has 4 aliphatic rings. The number of esters is 1. The molecule has 0 radical (unpaired) electrons. The number of hydrogen-bond donors (Lipinski definition) is 2. The van der Waals surface area contributed by atoms with E-state index in [4.69, 9.17) is 13.7 Å². The number of methoxy groups -OCH3 is 1. The van der Waals surface area contributed by atoms with Crippen LogP contribution in [0.1, 0.15) is 66.2 Å². The molecular formula is C31H42BrN3O9S. The van der Waals surface area contributed by atoms with Crippen molar-refractivity contribution in [2.75, 3.05) is 13.7 Å². The SMILES string of the molecule is CC[C@@H]1C[C@]1(NC(=O)[C@@H]1C[C@H](OS(=O)(=O)c2ccc(Br)cc2)CN1C(=O)[C@@H](NC(=O)O[C@@H]1C[C@@H]2C[C@@H]2C1)C(C)(C)C)C(=O)OC. The number of ether oxygens (including phenoxy) is 2. The van der Waals surface area contributed by atoms with Crippen LogP contribution in [0.15, 0.2) is 33.6 Å². The third-order valence-electron chi connectivity index (χ3n) is 9.56. The number of carbonyl (C=O) groups is 4. The Labute approximate surface area is 272 Å². The average molecular weight is 713 g/mol. The third kappa shape index (κ3) is 7.17. The Bertz CT molecular complexity index is 1440. The Morgan fingerprint density at radius 1 is 1.04 bits per heavy atom. The summed E-state index contributed by atoms with van der Waals surface area (Å²) >= 11 is 3.28. The first kappa shape index (κ1) is 33.6. The Morgan fingerprint density at radius 2 is 1.69 bits per heavy atom. The molecule has 2 N–H and O–H groups in total. The Hall–Kier alpha value is -2.71. The summed E-state index contributed by atoms with van der Waals surface area (Å²) in [4.78, 5) is 54.9. The molecule has 3 saturated carbocycles. The normalized spacial score (nSPS) is 31.0. The molecule has 1 aromatic carbocycles. The van der Waals surface area contributed by atoms with Crippen LogP contribution in [0.5, 0.6) is 0 Å². The zero-order valence-electron chi connectivity index (χ0n) is 26.2. The molecule has 8 atom stereocenters. The van der Waals surface area contributed by atoms with Gasteiger partial charge >= 0.3 is 12.1 Å². The van der Waals surface area contributed by atoms with Gasteiger partial charge in [-0.2, -0.15) is 8.42 Å². The maximum atomic E-state index is 14.2. The predicted molar refractivity (Wildman–Crippen MR) is 165 cm³/mol. The molecule has 0 unspecified atom stereocenters. The molecule has 0 aromatic heterocycles. The van der Waals surface area contributed by atoms with Gasteiger partial charge in [0.15, 0.2) is 0 Å². The van der Waals surface area contributed by atoms with Crippen molar-refractivity contribution in [2.24, 2.45) is 23.2 Å². The molecule has 3 amide bonds. The molecule has 1 aromatic rings. The van der Waals surface area contributed by atoms with Gasteiger partial charge in [-0.15, -0.1) is 0 Å². The zero-order chi connectivity index (χ0) is 32.9. The topological polar surface area (TPSA) is 157 Å². The van der Waals surface area contributed by atoms with Gasteiger partial charge in [-0.1, -0.05) is 50.0 Å². The number of likely N-dealkylation sites (tertiary alicyclic amines) is 1. The first-order valence-electron chi connectivity index (χ1n) is 15.4. The van der Waals surface area contributed by atoms with Gasteiger partial charge in [0.2, 0.25) is 11.8 Å². The highest BCUT2D eigenvalue weighted by Crippen LogP contribution is 2.52. The largest absolute Gasteiger partial charge is 0.467 e. The van der Waals surface area contributed by atoms with E-state index < -0.39 is 63.1 Å². The van der Waals surface area contributed by atoms with E-state index >= 15 is 0 Å². The fraction of sp³-hybridized carbons (Fsp3) is 0.677. The monoisotopic (exact) mass is 711 g/mol. The highest BCUT2D eigenvalue weighted by molar-refractivity contribution is 9.10. The molecule has 1 heterocycles. The summed E-state index contributed by atoms with van der Waals surface area (Å²) in [6.07, 6.45) is 1.69. The standard InChI is InChI=1S/C31H42BrN3O9S/c1-6-19-15-31(19,28(38)42-5)34-26(36)24-14-22(44-45(40,41)23-9-7-20(32)8-10-23)16-35(24)27(37)25(30(2,3)4)33-29(39)43-21-12-17-11-18(17)13-21/h7-10,17-19,21-22,24-25H,6,11-16H2,1-5H3,(H,33,39)(H,34,36)/t17-,18+,19-,21+,22+,24+,25-,31-/m1/s1. The lowest BCUT2D eigenvalue weighted by atomic mass is 9.85. The Morgan fingerprint density at radius 3 is 2.24 bits per heavy atom. The van der Waals surface area contributed by atoms with Gasteiger partial charge in [0.1, 0.15) is 23.7 Å². The van der Waals surface area contributed by atoms with Crippen LogP contribution in [-0.4, -0.2) is 80.7 Å². The van der Waals surface area contributed by atoms with Gasteiger partial charge in [-0.3, -0.25) is 13.8 Å². The second kappa shape index (κ2) is 12.5. The van der Waals surface area contributed by atoms with E-state index in [9.17, 15) is 27.6 Å². The molecule has 12 nitrogen and oxygen atoms in total. The molecule has 0 bridgehead atoms. The quantitative estimate of drug-likeness (QED) is 0.274. The number of amides is 3. The number of fused-ring (bicyclic) bond motifs is 1. The fourth-order valence-corrected chi connectivity index (χ4v) is 8.17. The maximum absolute atomic E-state index is 14.2. The van der Waals surface area contributed by atoms with Crippen LogP contribution in [0.3, 0.4) is 0 Å². The van der Waals surface area contributed by atoms with Crippen LogP contribution < -0.4 is 10.6 Å². The van der Waals surface area contributed by atoms with Crippen LogP contribution in [0.2, 0.25) is 0 Å². The minimum absolute atomic E-state index is 0.0774. The fourth-order valence-electron chi connectivity index (χ4n) is 6.83. The number of hydrogen-bond acceptors (Lipinski definition) is 9. The zero-order valence-corrected chi connectivity index (χ0v) is 28.6. The number of carbonyl (C=O) groups excluding carboxylic acids is 4. The van der Waals surface area contributed by atoms with Crippen molar-refractivity contribution >= 4 is 49.9 Å². The van der Waals surface area contributed by atoms with Crippen molar-refractivity contribution in [2.45, 2.75) is 101 Å². The van der Waals surface area contributed by atoms with Gasteiger partial charge in [0.05, 0.1) is 18.1 Å². The highest BCUT2D eigenvalue weighted by Gasteiger charge is 2.62. The van der Waals surface area contributed by atoms with Crippen LogP contribution >= 0.6 is 15.9 Å². The van der Waals surface area contributed by atoms with E-state index in [-0.39, 0.29) is 29.9 Å². The van der Waals surface area contributed by atoms with Crippen molar-refractivity contribution in [3.05, 3.63) is 28.7 Å². The lowest BCUT2D eigenvalue weighted by Gasteiger charge is -2.35. The molecule has 1 aliphatic heterocycles. The maximum Gasteiger partial charge on any atom is 0.408 e. The Kier molecular flexibility index (Phi) is 9.33. The minimum atomic E-state index is -4.25. The number of benzene rings is 1. The van der Waals surface area contributed by atoms with Gasteiger partial charge in [-0.05, 0) is 73.1 Å². The first-order chi connectivity index (χ1) is 21.1. The number of nitrogens with one attached hydrogen (secondary N) is 2. The molecule has 14 heteroatoms. The smallest absolute Gasteiger partial charge is 0.408 e. The van der Waals surface area contributed by atoms with Crippen LogP contribution in [0.25, 0.3) is 0 Å². The van der Waals surface area contributed by atoms with Crippen LogP contribution in [0, 0.1) is 23.2 Å². The summed E-state index contributed by atoms with van der Waals surface area (Å²) in [5.74, 6) is -0.725. The molecular weight excluding hydrogens is 670 g/mol. The molecule has 1 saturated heterocycles. The average Bonchev–Trinajstić information content (AvgIpc) is 3.78. The molecule has 45 heavy (non-hydrogen) atoms. The van der Waals surface area contributed by atoms with E-state index in [0.717, 1.165) is 12.8 Å². The number of alkyl carbamates (subject to hydrolysis) is 1. The van der Waals surface area contributed by atoms with Crippen molar-refractivity contribution in [1.82, 2.24) is 15.5 Å². The molecule has 248 valence electrons. The number of halogens is 1. The summed E-state index contributed by atoms with van der Waals surface area (Å²) in [6.45, 7) is 7.00. The van der Waals surface area contributed by atoms with Gasteiger partial charge in [-0.25, -0.2) is 9.59 Å². The van der Waals surface area contributed by atoms with Gasteiger partial charge < -0.3 is 25.0 Å². The lowest BCUT2D eigenvalue weighted by molar-refractivity contribution is -0.148. The minimum Gasteiger partial charge on any atom is -0.467 e. The van der Waals surface area contributed by atoms with Gasteiger partial charge in [0.25, 0.3) is 10.1 Å². The number of rotatable bonds is 10. The molecule has 5 rings (SSSR count). The summed E-state index contributed by atoms with van der Waals surface area (Å²) in [7, 11) is -3.00. The predicted octanol–water partition coefficient (Wildman–Crippen LogP) is 3.52. The van der Waals surface area contributed by atoms with Crippen LogP contribution in [-0.2, 0) is 38.2 Å². The molecule has 4 fully saturated rings. The summed E-state index contributed by atoms with van der Waals surface area (Å²) < 4.78 is 43.2. The number of nitrogens with zero attached hydrogens (tertiary/aromatic N) is 1. The first-order valence-corrected chi connectivity index (χ1v) is 17.6. The van der Waals surface area contributed by atoms with Crippen molar-refractivity contribution in [3.63, 3.8) is 0 Å². The van der Waals surface area contributed by atoms with Crippen molar-refractivity contribution < 1.29 is 41.3 Å². The van der Waals surface area contributed by atoms with Crippen molar-refractivity contribution in [1.29, 1.82) is 0 Å². The third-order valence-corrected chi connectivity index (χ3v) is 11.5. The summed E-state index contributed by atoms with van der Waals surface area (Å²) in [5, 5.41) is 5.54. The second-order valence-electron chi connectivity index (χ2n) is 13.8. The summed E-state index contributed by atoms with van der Waals surface area (Å²) in [5.41, 5.74) is -2.01. The van der Waals surface area contributed by atoms with E-state index in [0.29, 0.717) is 29.2 Å².